The monoisotopic (exact) mass is 410 g/mol. The number of benzene rings is 2. The Morgan fingerprint density at radius 3 is 2.37 bits per heavy atom. The molecule has 1 fully saturated rings. The number of nitrogens with one attached hydrogen (secondary N) is 2. The Morgan fingerprint density at radius 1 is 1.04 bits per heavy atom. The van der Waals surface area contributed by atoms with Gasteiger partial charge in [-0.25, -0.2) is 17.5 Å². The molecular weight excluding hydrogens is 391 g/mol. The summed E-state index contributed by atoms with van der Waals surface area (Å²) in [7, 11) is -3.83. The topological polar surface area (TPSA) is 75.3 Å². The fraction of sp³-hybridized carbons (Fsp3) is 0.316. The maximum Gasteiger partial charge on any atom is 0.258 e. The largest absolute Gasteiger partial charge is 0.322 e. The van der Waals surface area contributed by atoms with Crippen molar-refractivity contribution in [2.45, 2.75) is 43.0 Å². The van der Waals surface area contributed by atoms with E-state index in [1.54, 1.807) is 24.3 Å². The van der Waals surface area contributed by atoms with Crippen molar-refractivity contribution in [3.8, 4) is 0 Å². The van der Waals surface area contributed by atoms with E-state index in [1.165, 1.54) is 6.07 Å². The molecule has 1 aliphatic rings. The maximum atomic E-state index is 14.1. The first-order valence-corrected chi connectivity index (χ1v) is 10.6. The van der Waals surface area contributed by atoms with Gasteiger partial charge < -0.3 is 5.32 Å². The van der Waals surface area contributed by atoms with Gasteiger partial charge in [0.1, 0.15) is 5.82 Å². The van der Waals surface area contributed by atoms with Crippen LogP contribution in [0.1, 0.15) is 42.5 Å². The van der Waals surface area contributed by atoms with Crippen LogP contribution in [-0.2, 0) is 10.0 Å². The molecule has 1 amide bonds. The van der Waals surface area contributed by atoms with E-state index >= 15 is 0 Å². The van der Waals surface area contributed by atoms with Gasteiger partial charge >= 0.3 is 0 Å². The Morgan fingerprint density at radius 2 is 1.70 bits per heavy atom. The van der Waals surface area contributed by atoms with Gasteiger partial charge in [0.05, 0.1) is 10.5 Å². The third kappa shape index (κ3) is 5.06. The molecule has 2 N–H and O–H groups in total. The second kappa shape index (κ2) is 8.37. The van der Waals surface area contributed by atoms with Crippen molar-refractivity contribution in [1.82, 2.24) is 4.72 Å². The van der Waals surface area contributed by atoms with Gasteiger partial charge in [0.15, 0.2) is 0 Å². The zero-order valence-electron chi connectivity index (χ0n) is 14.5. The normalized spacial score (nSPS) is 15.5. The van der Waals surface area contributed by atoms with Crippen LogP contribution in [0.25, 0.3) is 0 Å². The molecule has 0 spiro atoms. The summed E-state index contributed by atoms with van der Waals surface area (Å²) in [5.41, 5.74) is 0.0915. The van der Waals surface area contributed by atoms with E-state index in [2.05, 4.69) is 10.0 Å². The lowest BCUT2D eigenvalue weighted by atomic mass is 9.96. The quantitative estimate of drug-likeness (QED) is 0.769. The molecule has 0 bridgehead atoms. The lowest BCUT2D eigenvalue weighted by Crippen LogP contribution is -2.36. The number of halogens is 2. The number of anilines is 1. The highest BCUT2D eigenvalue weighted by atomic mass is 35.5. The summed E-state index contributed by atoms with van der Waals surface area (Å²) in [5.74, 6) is -1.53. The van der Waals surface area contributed by atoms with Crippen LogP contribution < -0.4 is 10.0 Å². The highest BCUT2D eigenvalue weighted by molar-refractivity contribution is 7.89. The highest BCUT2D eigenvalue weighted by Gasteiger charge is 2.24. The van der Waals surface area contributed by atoms with Crippen LogP contribution in [0.5, 0.6) is 0 Å². The molecule has 0 saturated heterocycles. The molecule has 8 heteroatoms. The molecule has 144 valence electrons. The molecule has 0 heterocycles. The van der Waals surface area contributed by atoms with Crippen LogP contribution in [-0.4, -0.2) is 20.4 Å². The fourth-order valence-electron chi connectivity index (χ4n) is 3.09. The number of hydrogen-bond acceptors (Lipinski definition) is 3. The highest BCUT2D eigenvalue weighted by Crippen LogP contribution is 2.22. The Bertz CT molecular complexity index is 926. The Kier molecular flexibility index (Phi) is 6.14. The first kappa shape index (κ1) is 19.8. The summed E-state index contributed by atoms with van der Waals surface area (Å²) in [4.78, 5) is 12.3. The smallest absolute Gasteiger partial charge is 0.258 e. The van der Waals surface area contributed by atoms with Gasteiger partial charge in [-0.1, -0.05) is 30.9 Å². The van der Waals surface area contributed by atoms with Gasteiger partial charge in [-0.2, -0.15) is 0 Å². The van der Waals surface area contributed by atoms with E-state index in [1.807, 2.05) is 0 Å². The van der Waals surface area contributed by atoms with Gasteiger partial charge in [-0.05, 0) is 55.3 Å². The zero-order valence-corrected chi connectivity index (χ0v) is 16.1. The van der Waals surface area contributed by atoms with Gasteiger partial charge in [0, 0.05) is 16.8 Å². The molecule has 0 unspecified atom stereocenters. The number of carbonyl (C=O) groups is 1. The molecule has 27 heavy (non-hydrogen) atoms. The van der Waals surface area contributed by atoms with Crippen molar-refractivity contribution in [2.75, 3.05) is 5.32 Å². The number of amides is 1. The first-order chi connectivity index (χ1) is 12.8. The maximum absolute atomic E-state index is 14.1. The molecule has 5 nitrogen and oxygen atoms in total. The predicted molar refractivity (Wildman–Crippen MR) is 103 cm³/mol. The SMILES string of the molecule is O=C(Nc1ccc(Cl)cc1)c1cc(S(=O)(=O)NC2CCCCC2)ccc1F. The van der Waals surface area contributed by atoms with Crippen LogP contribution in [0, 0.1) is 5.82 Å². The summed E-state index contributed by atoms with van der Waals surface area (Å²) in [6.07, 6.45) is 4.62. The minimum absolute atomic E-state index is 0.125. The average molecular weight is 411 g/mol. The van der Waals surface area contributed by atoms with E-state index < -0.39 is 21.7 Å². The van der Waals surface area contributed by atoms with Crippen LogP contribution >= 0.6 is 11.6 Å². The summed E-state index contributed by atoms with van der Waals surface area (Å²) in [5, 5.41) is 3.03. The molecule has 1 saturated carbocycles. The summed E-state index contributed by atoms with van der Waals surface area (Å²) >= 11 is 5.80. The lowest BCUT2D eigenvalue weighted by Gasteiger charge is -2.22. The van der Waals surface area contributed by atoms with E-state index in [0.29, 0.717) is 10.7 Å². The molecule has 3 rings (SSSR count). The third-order valence-corrected chi connectivity index (χ3v) is 6.29. The average Bonchev–Trinajstić information content (AvgIpc) is 2.64. The Labute approximate surface area is 163 Å². The van der Waals surface area contributed by atoms with Crippen LogP contribution in [0.4, 0.5) is 10.1 Å². The predicted octanol–water partition coefficient (Wildman–Crippen LogP) is 4.34. The zero-order chi connectivity index (χ0) is 19.4. The van der Waals surface area contributed by atoms with Gasteiger partial charge in [-0.15, -0.1) is 0 Å². The van der Waals surface area contributed by atoms with Crippen LogP contribution in [0.2, 0.25) is 5.02 Å². The fourth-order valence-corrected chi connectivity index (χ4v) is 4.54. The first-order valence-electron chi connectivity index (χ1n) is 8.74. The number of sulfonamides is 1. The van der Waals surface area contributed by atoms with Gasteiger partial charge in [-0.3, -0.25) is 4.79 Å². The van der Waals surface area contributed by atoms with Crippen molar-refractivity contribution >= 4 is 33.2 Å². The second-order valence-corrected chi connectivity index (χ2v) is 8.71. The Hall–Kier alpha value is -1.96. The molecule has 2 aromatic rings. The lowest BCUT2D eigenvalue weighted by molar-refractivity contribution is 0.102. The second-order valence-electron chi connectivity index (χ2n) is 6.56. The van der Waals surface area contributed by atoms with Gasteiger partial charge in [0.2, 0.25) is 10.0 Å². The number of hydrogen-bond donors (Lipinski definition) is 2. The van der Waals surface area contributed by atoms with E-state index in [9.17, 15) is 17.6 Å². The number of carbonyl (C=O) groups excluding carboxylic acids is 1. The molecule has 0 atom stereocenters. The van der Waals surface area contributed by atoms with Crippen LogP contribution in [0.15, 0.2) is 47.4 Å². The third-order valence-electron chi connectivity index (χ3n) is 4.52. The van der Waals surface area contributed by atoms with Crippen molar-refractivity contribution in [3.63, 3.8) is 0 Å². The van der Waals surface area contributed by atoms with Crippen molar-refractivity contribution < 1.29 is 17.6 Å². The van der Waals surface area contributed by atoms with Gasteiger partial charge in [0.25, 0.3) is 5.91 Å². The summed E-state index contributed by atoms with van der Waals surface area (Å²) in [6, 6.07) is 9.41. The standard InChI is InChI=1S/C19H20ClFN2O3S/c20-13-6-8-14(9-7-13)22-19(24)17-12-16(10-11-18(17)21)27(25,26)23-15-4-2-1-3-5-15/h6-12,15,23H,1-5H2,(H,22,24). The summed E-state index contributed by atoms with van der Waals surface area (Å²) in [6.45, 7) is 0. The Balaban J connectivity index is 1.80. The molecule has 1 aliphatic carbocycles. The van der Waals surface area contributed by atoms with E-state index in [0.717, 1.165) is 44.2 Å². The summed E-state index contributed by atoms with van der Waals surface area (Å²) < 4.78 is 42.0. The minimum atomic E-state index is -3.83. The minimum Gasteiger partial charge on any atom is -0.322 e. The molecule has 0 aliphatic heterocycles. The van der Waals surface area contributed by atoms with Crippen LogP contribution in [0.3, 0.4) is 0 Å². The van der Waals surface area contributed by atoms with Crippen molar-refractivity contribution in [1.29, 1.82) is 0 Å². The van der Waals surface area contributed by atoms with Crippen molar-refractivity contribution in [2.24, 2.45) is 0 Å². The van der Waals surface area contributed by atoms with Crippen molar-refractivity contribution in [3.05, 3.63) is 58.9 Å². The van der Waals surface area contributed by atoms with E-state index in [4.69, 9.17) is 11.6 Å². The van der Waals surface area contributed by atoms with E-state index in [-0.39, 0.29) is 16.5 Å². The molecule has 2 aromatic carbocycles. The number of rotatable bonds is 5. The molecular formula is C19H20ClFN2O3S. The molecule has 0 aromatic heterocycles. The molecule has 0 radical (unpaired) electrons.